The second-order valence-corrected chi connectivity index (χ2v) is 8.34. The Labute approximate surface area is 211 Å². The Morgan fingerprint density at radius 3 is 2.62 bits per heavy atom. The molecule has 5 rings (SSSR count). The van der Waals surface area contributed by atoms with Crippen LogP contribution in [-0.4, -0.2) is 81.4 Å². The Balaban J connectivity index is 1.40. The lowest BCUT2D eigenvalue weighted by Gasteiger charge is -2.26. The van der Waals surface area contributed by atoms with Crippen molar-refractivity contribution in [1.82, 2.24) is 29.7 Å². The number of ketones is 1. The third-order valence-corrected chi connectivity index (χ3v) is 5.82. The molecule has 3 aromatic heterocycles. The monoisotopic (exact) mass is 503 g/mol. The summed E-state index contributed by atoms with van der Waals surface area (Å²) in [7, 11) is 1.43. The molecule has 0 saturated carbocycles. The molecule has 0 radical (unpaired) electrons. The zero-order chi connectivity index (χ0) is 25.8. The van der Waals surface area contributed by atoms with E-state index in [0.717, 1.165) is 10.8 Å². The second kappa shape index (κ2) is 10.7. The van der Waals surface area contributed by atoms with Crippen LogP contribution in [0.3, 0.4) is 0 Å². The van der Waals surface area contributed by atoms with Crippen molar-refractivity contribution in [3.05, 3.63) is 65.8 Å². The van der Waals surface area contributed by atoms with E-state index in [0.29, 0.717) is 49.1 Å². The van der Waals surface area contributed by atoms with E-state index >= 15 is 0 Å². The fourth-order valence-electron chi connectivity index (χ4n) is 3.99. The van der Waals surface area contributed by atoms with Gasteiger partial charge in [0, 0.05) is 43.2 Å². The highest BCUT2D eigenvalue weighted by atomic mass is 16.5. The van der Waals surface area contributed by atoms with E-state index < -0.39 is 0 Å². The normalized spacial score (nSPS) is 14.3. The summed E-state index contributed by atoms with van der Waals surface area (Å²) in [6, 6.07) is 11.0. The Bertz CT molecular complexity index is 1480. The van der Waals surface area contributed by atoms with Gasteiger partial charge in [-0.05, 0) is 18.2 Å². The minimum Gasteiger partial charge on any atom is -0.470 e. The predicted molar refractivity (Wildman–Crippen MR) is 133 cm³/mol. The van der Waals surface area contributed by atoms with Crippen LogP contribution >= 0.6 is 0 Å². The Morgan fingerprint density at radius 1 is 1.11 bits per heavy atom. The van der Waals surface area contributed by atoms with Gasteiger partial charge in [-0.2, -0.15) is 4.52 Å². The van der Waals surface area contributed by atoms with Gasteiger partial charge < -0.3 is 24.8 Å². The predicted octanol–water partition coefficient (Wildman–Crippen LogP) is 1.24. The van der Waals surface area contributed by atoms with Gasteiger partial charge in [0.15, 0.2) is 11.4 Å². The van der Waals surface area contributed by atoms with Gasteiger partial charge in [-0.15, -0.1) is 15.3 Å². The van der Waals surface area contributed by atoms with Crippen LogP contribution in [-0.2, 0) is 20.9 Å². The van der Waals surface area contributed by atoms with E-state index in [-0.39, 0.29) is 36.4 Å². The number of nitrogens with two attached hydrogens (primary N) is 1. The number of carbonyl (C=O) groups is 2. The molecule has 12 heteroatoms. The zero-order valence-electron chi connectivity index (χ0n) is 20.2. The van der Waals surface area contributed by atoms with Crippen LogP contribution in [0.15, 0.2) is 48.7 Å². The summed E-state index contributed by atoms with van der Waals surface area (Å²) >= 11 is 0. The molecular weight excluding hydrogens is 478 g/mol. The number of hydrogen-bond acceptors (Lipinski definition) is 10. The SMILES string of the molecule is COCC(=O)C=C(N)c1nnc2c3ccccc3c(OCc3ccc(C(=O)N4CCOCC4)cn3)nn12. The maximum absolute atomic E-state index is 12.7. The third-order valence-electron chi connectivity index (χ3n) is 5.82. The number of carbonyl (C=O) groups excluding carboxylic acids is 2. The number of amides is 1. The van der Waals surface area contributed by atoms with Crippen molar-refractivity contribution >= 4 is 33.8 Å². The van der Waals surface area contributed by atoms with Crippen molar-refractivity contribution in [2.45, 2.75) is 6.61 Å². The lowest BCUT2D eigenvalue weighted by atomic mass is 10.2. The topological polar surface area (TPSA) is 147 Å². The van der Waals surface area contributed by atoms with E-state index in [4.69, 9.17) is 19.9 Å². The fourth-order valence-corrected chi connectivity index (χ4v) is 3.99. The number of nitrogens with zero attached hydrogens (tertiary/aromatic N) is 6. The molecule has 2 N–H and O–H groups in total. The van der Waals surface area contributed by atoms with E-state index in [2.05, 4.69) is 20.3 Å². The van der Waals surface area contributed by atoms with Gasteiger partial charge >= 0.3 is 0 Å². The lowest BCUT2D eigenvalue weighted by molar-refractivity contribution is -0.117. The highest BCUT2D eigenvalue weighted by Crippen LogP contribution is 2.27. The molecule has 0 spiro atoms. The van der Waals surface area contributed by atoms with Crippen molar-refractivity contribution in [3.63, 3.8) is 0 Å². The first-order chi connectivity index (χ1) is 18.0. The molecule has 1 aromatic carbocycles. The maximum Gasteiger partial charge on any atom is 0.255 e. The number of morpholine rings is 1. The van der Waals surface area contributed by atoms with Crippen LogP contribution in [0, 0.1) is 0 Å². The van der Waals surface area contributed by atoms with Gasteiger partial charge in [-0.1, -0.05) is 18.2 Å². The summed E-state index contributed by atoms with van der Waals surface area (Å²) < 4.78 is 17.6. The fraction of sp³-hybridized carbons (Fsp3) is 0.280. The Kier molecular flexibility index (Phi) is 7.01. The van der Waals surface area contributed by atoms with Crippen LogP contribution in [0.4, 0.5) is 0 Å². The van der Waals surface area contributed by atoms with Crippen LogP contribution in [0.5, 0.6) is 5.88 Å². The highest BCUT2D eigenvalue weighted by molar-refractivity contribution is 5.98. The van der Waals surface area contributed by atoms with E-state index in [1.165, 1.54) is 17.7 Å². The quantitative estimate of drug-likeness (QED) is 0.348. The molecule has 0 bridgehead atoms. The van der Waals surface area contributed by atoms with Crippen molar-refractivity contribution in [3.8, 4) is 5.88 Å². The van der Waals surface area contributed by atoms with Gasteiger partial charge in [0.25, 0.3) is 5.91 Å². The standard InChI is InChI=1S/C25H25N7O5/c1-35-15-18(33)12-21(26)23-29-28-22-19-4-2-3-5-20(19)24(30-32(22)23)37-14-17-7-6-16(13-27-17)25(34)31-8-10-36-11-9-31/h2-7,12-13H,8-11,14-15,26H2,1H3. The largest absolute Gasteiger partial charge is 0.470 e. The molecule has 0 atom stereocenters. The molecule has 1 aliphatic heterocycles. The van der Waals surface area contributed by atoms with Crippen molar-refractivity contribution in [2.75, 3.05) is 40.0 Å². The molecule has 1 fully saturated rings. The average Bonchev–Trinajstić information content (AvgIpc) is 3.36. The Morgan fingerprint density at radius 2 is 1.89 bits per heavy atom. The molecule has 1 amide bonds. The Hall–Kier alpha value is -4.42. The van der Waals surface area contributed by atoms with Gasteiger partial charge in [0.05, 0.1) is 30.2 Å². The number of hydrogen-bond donors (Lipinski definition) is 1. The summed E-state index contributed by atoms with van der Waals surface area (Å²) in [6.45, 7) is 2.22. The molecular formula is C25H25N7O5. The van der Waals surface area contributed by atoms with Crippen molar-refractivity contribution in [1.29, 1.82) is 0 Å². The van der Waals surface area contributed by atoms with Crippen LogP contribution in [0.1, 0.15) is 21.9 Å². The van der Waals surface area contributed by atoms with E-state index in [1.807, 2.05) is 24.3 Å². The molecule has 1 saturated heterocycles. The number of rotatable bonds is 8. The van der Waals surface area contributed by atoms with Gasteiger partial charge in [-0.3, -0.25) is 14.6 Å². The summed E-state index contributed by atoms with van der Waals surface area (Å²) in [6.07, 6.45) is 2.78. The van der Waals surface area contributed by atoms with Crippen molar-refractivity contribution in [2.24, 2.45) is 5.73 Å². The summed E-state index contributed by atoms with van der Waals surface area (Å²) in [4.78, 5) is 30.8. The molecule has 1 aliphatic rings. The second-order valence-electron chi connectivity index (χ2n) is 8.34. The first-order valence-electron chi connectivity index (χ1n) is 11.6. The van der Waals surface area contributed by atoms with E-state index in [9.17, 15) is 9.59 Å². The third kappa shape index (κ3) is 5.10. The number of pyridine rings is 1. The first-order valence-corrected chi connectivity index (χ1v) is 11.6. The van der Waals surface area contributed by atoms with Gasteiger partial charge in [-0.25, -0.2) is 0 Å². The summed E-state index contributed by atoms with van der Waals surface area (Å²) in [5, 5.41) is 14.4. The number of fused-ring (bicyclic) bond motifs is 3. The van der Waals surface area contributed by atoms with Crippen LogP contribution < -0.4 is 10.5 Å². The van der Waals surface area contributed by atoms with Gasteiger partial charge in [0.2, 0.25) is 11.7 Å². The number of aromatic nitrogens is 5. The number of benzene rings is 1. The van der Waals surface area contributed by atoms with Crippen LogP contribution in [0.25, 0.3) is 22.1 Å². The maximum atomic E-state index is 12.7. The molecule has 0 unspecified atom stereocenters. The molecule has 0 aliphatic carbocycles. The summed E-state index contributed by atoms with van der Waals surface area (Å²) in [5.41, 5.74) is 7.83. The zero-order valence-corrected chi connectivity index (χ0v) is 20.2. The smallest absolute Gasteiger partial charge is 0.255 e. The highest BCUT2D eigenvalue weighted by Gasteiger charge is 2.20. The molecule has 4 heterocycles. The van der Waals surface area contributed by atoms with Gasteiger partial charge in [0.1, 0.15) is 13.2 Å². The molecule has 12 nitrogen and oxygen atoms in total. The molecule has 37 heavy (non-hydrogen) atoms. The van der Waals surface area contributed by atoms with E-state index in [1.54, 1.807) is 23.2 Å². The average molecular weight is 504 g/mol. The van der Waals surface area contributed by atoms with Crippen molar-refractivity contribution < 1.29 is 23.8 Å². The minimum absolute atomic E-state index is 0.0730. The summed E-state index contributed by atoms with van der Waals surface area (Å²) in [5.74, 6) is 0.140. The lowest BCUT2D eigenvalue weighted by Crippen LogP contribution is -2.40. The molecule has 190 valence electrons. The number of methoxy groups -OCH3 is 1. The van der Waals surface area contributed by atoms with Crippen LogP contribution in [0.2, 0.25) is 0 Å². The molecule has 4 aromatic rings. The first kappa shape index (κ1) is 24.3. The minimum atomic E-state index is -0.310. The number of ether oxygens (including phenoxy) is 3.